The molecule has 1 aromatic heterocycles. The van der Waals surface area contributed by atoms with Gasteiger partial charge in [-0.05, 0) is 57.1 Å². The minimum absolute atomic E-state index is 0.619. The molecule has 2 N–H and O–H groups in total. The summed E-state index contributed by atoms with van der Waals surface area (Å²) in [5.41, 5.74) is 7.81. The second kappa shape index (κ2) is 6.45. The maximum Gasteiger partial charge on any atom is 0.180 e. The van der Waals surface area contributed by atoms with Crippen LogP contribution in [0.5, 0.6) is 5.75 Å². The lowest BCUT2D eigenvalue weighted by molar-refractivity contribution is 0.238. The first-order valence-electron chi connectivity index (χ1n) is 7.41. The molecule has 0 atom stereocenters. The number of thiazole rings is 1. The fourth-order valence-electron chi connectivity index (χ4n) is 2.69. The molecule has 0 amide bonds. The third-order valence-electron chi connectivity index (χ3n) is 3.82. The number of ether oxygens (including phenoxy) is 1. The summed E-state index contributed by atoms with van der Waals surface area (Å²) in [7, 11) is 0. The fraction of sp³-hybridized carbons (Fsp3) is 0.438. The second-order valence-corrected chi connectivity index (χ2v) is 6.61. The Bertz CT molecular complexity index is 588. The molecule has 0 spiro atoms. The monoisotopic (exact) mass is 303 g/mol. The van der Waals surface area contributed by atoms with E-state index in [4.69, 9.17) is 10.5 Å². The van der Waals surface area contributed by atoms with Gasteiger partial charge in [0, 0.05) is 17.0 Å². The molecule has 0 radical (unpaired) electrons. The summed E-state index contributed by atoms with van der Waals surface area (Å²) in [6, 6.07) is 8.11. The summed E-state index contributed by atoms with van der Waals surface area (Å²) in [6.45, 7) is 6.25. The van der Waals surface area contributed by atoms with Gasteiger partial charge < -0.3 is 10.5 Å². The van der Waals surface area contributed by atoms with Gasteiger partial charge in [0.2, 0.25) is 0 Å². The Kier molecular flexibility index (Phi) is 4.41. The zero-order chi connectivity index (χ0) is 14.7. The first-order chi connectivity index (χ1) is 10.2. The molecule has 1 aromatic carbocycles. The van der Waals surface area contributed by atoms with Gasteiger partial charge in [0.05, 0.1) is 5.69 Å². The number of nitrogens with two attached hydrogens (primary N) is 1. The van der Waals surface area contributed by atoms with E-state index in [1.165, 1.54) is 37.3 Å². The molecule has 1 fully saturated rings. The lowest BCUT2D eigenvalue weighted by Gasteiger charge is -2.15. The van der Waals surface area contributed by atoms with Gasteiger partial charge in [-0.25, -0.2) is 4.98 Å². The highest BCUT2D eigenvalue weighted by molar-refractivity contribution is 7.15. The molecule has 1 saturated heterocycles. The molecule has 0 aliphatic carbocycles. The number of hydrogen-bond acceptors (Lipinski definition) is 5. The van der Waals surface area contributed by atoms with Crippen molar-refractivity contribution in [2.75, 3.05) is 32.0 Å². The Morgan fingerprint density at radius 1 is 1.24 bits per heavy atom. The molecule has 0 unspecified atom stereocenters. The third-order valence-corrected chi connectivity index (χ3v) is 4.62. The highest BCUT2D eigenvalue weighted by Crippen LogP contribution is 2.29. The van der Waals surface area contributed by atoms with E-state index in [9.17, 15) is 0 Å². The number of rotatable bonds is 5. The summed E-state index contributed by atoms with van der Waals surface area (Å²) < 4.78 is 5.81. The average Bonchev–Trinajstić information content (AvgIpc) is 3.09. The van der Waals surface area contributed by atoms with Crippen LogP contribution < -0.4 is 10.5 Å². The van der Waals surface area contributed by atoms with Crippen LogP contribution >= 0.6 is 11.3 Å². The van der Waals surface area contributed by atoms with Gasteiger partial charge in [0.25, 0.3) is 0 Å². The molecular formula is C16H21N3OS. The van der Waals surface area contributed by atoms with Gasteiger partial charge >= 0.3 is 0 Å². The van der Waals surface area contributed by atoms with Crippen molar-refractivity contribution >= 4 is 16.5 Å². The van der Waals surface area contributed by atoms with E-state index < -0.39 is 0 Å². The SMILES string of the molecule is Cc1sc(N)nc1-c1ccc(OCCN2CCCC2)cc1. The van der Waals surface area contributed by atoms with Crippen molar-refractivity contribution in [2.24, 2.45) is 0 Å². The van der Waals surface area contributed by atoms with Crippen LogP contribution in [0.3, 0.4) is 0 Å². The Labute approximate surface area is 129 Å². The van der Waals surface area contributed by atoms with Crippen LogP contribution in [0.4, 0.5) is 5.13 Å². The number of benzene rings is 1. The molecule has 3 rings (SSSR count). The Hall–Kier alpha value is -1.59. The van der Waals surface area contributed by atoms with Crippen molar-refractivity contribution in [1.82, 2.24) is 9.88 Å². The van der Waals surface area contributed by atoms with Crippen molar-refractivity contribution in [3.05, 3.63) is 29.1 Å². The van der Waals surface area contributed by atoms with Gasteiger partial charge in [-0.3, -0.25) is 4.90 Å². The summed E-state index contributed by atoms with van der Waals surface area (Å²) in [5.74, 6) is 0.916. The normalized spacial score (nSPS) is 15.5. The molecule has 0 saturated carbocycles. The largest absolute Gasteiger partial charge is 0.492 e. The standard InChI is InChI=1S/C16H21N3OS/c1-12-15(18-16(17)21-12)13-4-6-14(7-5-13)20-11-10-19-8-2-3-9-19/h4-7H,2-3,8-11H2,1H3,(H2,17,18). The van der Waals surface area contributed by atoms with Crippen molar-refractivity contribution in [3.63, 3.8) is 0 Å². The molecule has 2 heterocycles. The van der Waals surface area contributed by atoms with Gasteiger partial charge in [0.1, 0.15) is 12.4 Å². The molecule has 112 valence electrons. The Balaban J connectivity index is 1.57. The van der Waals surface area contributed by atoms with Gasteiger partial charge in [-0.15, -0.1) is 11.3 Å². The van der Waals surface area contributed by atoms with Crippen LogP contribution in [0.1, 0.15) is 17.7 Å². The van der Waals surface area contributed by atoms with E-state index in [1.54, 1.807) is 0 Å². The van der Waals surface area contributed by atoms with Crippen molar-refractivity contribution in [3.8, 4) is 17.0 Å². The van der Waals surface area contributed by atoms with Crippen molar-refractivity contribution in [1.29, 1.82) is 0 Å². The molecular weight excluding hydrogens is 282 g/mol. The maximum absolute atomic E-state index is 5.81. The first kappa shape index (κ1) is 14.4. The number of anilines is 1. The van der Waals surface area contributed by atoms with Crippen molar-refractivity contribution in [2.45, 2.75) is 19.8 Å². The van der Waals surface area contributed by atoms with E-state index in [0.717, 1.165) is 35.0 Å². The lowest BCUT2D eigenvalue weighted by Crippen LogP contribution is -2.25. The van der Waals surface area contributed by atoms with E-state index in [2.05, 4.69) is 9.88 Å². The number of nitrogens with zero attached hydrogens (tertiary/aromatic N) is 2. The first-order valence-corrected chi connectivity index (χ1v) is 8.22. The van der Waals surface area contributed by atoms with E-state index in [1.807, 2.05) is 31.2 Å². The number of nitrogen functional groups attached to an aromatic ring is 1. The number of likely N-dealkylation sites (tertiary alicyclic amines) is 1. The molecule has 1 aliphatic rings. The smallest absolute Gasteiger partial charge is 0.180 e. The predicted molar refractivity (Wildman–Crippen MR) is 87.9 cm³/mol. The van der Waals surface area contributed by atoms with Crippen LogP contribution in [-0.4, -0.2) is 36.1 Å². The molecule has 21 heavy (non-hydrogen) atoms. The van der Waals surface area contributed by atoms with Crippen molar-refractivity contribution < 1.29 is 4.74 Å². The highest BCUT2D eigenvalue weighted by Gasteiger charge is 2.11. The van der Waals surface area contributed by atoms with Crippen LogP contribution in [0, 0.1) is 6.92 Å². The second-order valence-electron chi connectivity index (χ2n) is 5.38. The zero-order valence-corrected chi connectivity index (χ0v) is 13.2. The third kappa shape index (κ3) is 3.54. The number of aryl methyl sites for hydroxylation is 1. The van der Waals surface area contributed by atoms with Gasteiger partial charge in [-0.2, -0.15) is 0 Å². The van der Waals surface area contributed by atoms with E-state index in [-0.39, 0.29) is 0 Å². The molecule has 4 nitrogen and oxygen atoms in total. The average molecular weight is 303 g/mol. The Morgan fingerprint density at radius 2 is 1.95 bits per heavy atom. The van der Waals surface area contributed by atoms with E-state index in [0.29, 0.717) is 5.13 Å². The lowest BCUT2D eigenvalue weighted by atomic mass is 10.1. The molecule has 5 heteroatoms. The summed E-state index contributed by atoms with van der Waals surface area (Å²) in [4.78, 5) is 7.98. The Morgan fingerprint density at radius 3 is 2.57 bits per heavy atom. The maximum atomic E-state index is 5.81. The van der Waals surface area contributed by atoms with E-state index >= 15 is 0 Å². The van der Waals surface area contributed by atoms with Crippen LogP contribution in [0.2, 0.25) is 0 Å². The van der Waals surface area contributed by atoms with Gasteiger partial charge in [-0.1, -0.05) is 0 Å². The summed E-state index contributed by atoms with van der Waals surface area (Å²) in [6.07, 6.45) is 2.65. The molecule has 0 bridgehead atoms. The number of aromatic nitrogens is 1. The quantitative estimate of drug-likeness (QED) is 0.921. The minimum atomic E-state index is 0.619. The summed E-state index contributed by atoms with van der Waals surface area (Å²) in [5, 5.41) is 0.619. The molecule has 1 aliphatic heterocycles. The molecule has 2 aromatic rings. The van der Waals surface area contributed by atoms with Crippen LogP contribution in [0.25, 0.3) is 11.3 Å². The highest BCUT2D eigenvalue weighted by atomic mass is 32.1. The fourth-order valence-corrected chi connectivity index (χ4v) is 3.40. The number of hydrogen-bond donors (Lipinski definition) is 1. The predicted octanol–water partition coefficient (Wildman–Crippen LogP) is 3.18. The van der Waals surface area contributed by atoms with Crippen LogP contribution in [0.15, 0.2) is 24.3 Å². The zero-order valence-electron chi connectivity index (χ0n) is 12.3. The van der Waals surface area contributed by atoms with Crippen LogP contribution in [-0.2, 0) is 0 Å². The van der Waals surface area contributed by atoms with Gasteiger partial charge in [0.15, 0.2) is 5.13 Å². The summed E-state index contributed by atoms with van der Waals surface area (Å²) >= 11 is 1.53. The minimum Gasteiger partial charge on any atom is -0.492 e. The topological polar surface area (TPSA) is 51.4 Å².